The van der Waals surface area contributed by atoms with Gasteiger partial charge in [-0.3, -0.25) is 4.79 Å². The first-order valence-corrected chi connectivity index (χ1v) is 8.56. The highest BCUT2D eigenvalue weighted by Gasteiger charge is 2.23. The summed E-state index contributed by atoms with van der Waals surface area (Å²) in [5.74, 6) is 0.426. The SMILES string of the molecule is CC(C)Nc1cccc(C(=O)N2CCN(c3ccc(F)cc3)CC2)n1. The molecule has 1 aromatic carbocycles. The van der Waals surface area contributed by atoms with Gasteiger partial charge in [-0.2, -0.15) is 0 Å². The third-order valence-corrected chi connectivity index (χ3v) is 4.16. The number of piperazine rings is 1. The predicted octanol–water partition coefficient (Wildman–Crippen LogP) is 3.00. The Balaban J connectivity index is 1.62. The van der Waals surface area contributed by atoms with Crippen molar-refractivity contribution in [3.05, 3.63) is 54.0 Å². The van der Waals surface area contributed by atoms with Gasteiger partial charge in [-0.25, -0.2) is 9.37 Å². The minimum Gasteiger partial charge on any atom is -0.368 e. The molecule has 1 aliphatic heterocycles. The number of carbonyl (C=O) groups excluding carboxylic acids is 1. The normalized spacial score (nSPS) is 14.7. The summed E-state index contributed by atoms with van der Waals surface area (Å²) in [6, 6.07) is 12.2. The first kappa shape index (κ1) is 17.2. The van der Waals surface area contributed by atoms with E-state index in [4.69, 9.17) is 0 Å². The van der Waals surface area contributed by atoms with Gasteiger partial charge in [0, 0.05) is 37.9 Å². The van der Waals surface area contributed by atoms with Gasteiger partial charge >= 0.3 is 0 Å². The van der Waals surface area contributed by atoms with Crippen molar-refractivity contribution in [3.8, 4) is 0 Å². The van der Waals surface area contributed by atoms with Crippen molar-refractivity contribution in [2.24, 2.45) is 0 Å². The van der Waals surface area contributed by atoms with Gasteiger partial charge in [0.05, 0.1) is 0 Å². The van der Waals surface area contributed by atoms with Crippen LogP contribution in [0.15, 0.2) is 42.5 Å². The maximum absolute atomic E-state index is 13.0. The van der Waals surface area contributed by atoms with Crippen molar-refractivity contribution in [2.75, 3.05) is 36.4 Å². The van der Waals surface area contributed by atoms with E-state index in [1.807, 2.05) is 30.9 Å². The van der Waals surface area contributed by atoms with Crippen LogP contribution in [0.1, 0.15) is 24.3 Å². The highest BCUT2D eigenvalue weighted by atomic mass is 19.1. The van der Waals surface area contributed by atoms with Gasteiger partial charge in [0.2, 0.25) is 0 Å². The average molecular weight is 342 g/mol. The summed E-state index contributed by atoms with van der Waals surface area (Å²) in [5.41, 5.74) is 1.44. The Morgan fingerprint density at radius 2 is 1.76 bits per heavy atom. The smallest absolute Gasteiger partial charge is 0.272 e. The summed E-state index contributed by atoms with van der Waals surface area (Å²) in [5, 5.41) is 3.22. The van der Waals surface area contributed by atoms with Gasteiger partial charge in [-0.15, -0.1) is 0 Å². The topological polar surface area (TPSA) is 48.5 Å². The fourth-order valence-electron chi connectivity index (χ4n) is 2.91. The molecular weight excluding hydrogens is 319 g/mol. The van der Waals surface area contributed by atoms with Crippen LogP contribution in [0, 0.1) is 5.82 Å². The van der Waals surface area contributed by atoms with E-state index in [9.17, 15) is 9.18 Å². The van der Waals surface area contributed by atoms with Crippen molar-refractivity contribution in [1.29, 1.82) is 0 Å². The van der Waals surface area contributed by atoms with Crippen molar-refractivity contribution < 1.29 is 9.18 Å². The number of hydrogen-bond donors (Lipinski definition) is 1. The second-order valence-corrected chi connectivity index (χ2v) is 6.46. The molecular formula is C19H23FN4O. The Kier molecular flexibility index (Phi) is 5.16. The molecule has 0 unspecified atom stereocenters. The van der Waals surface area contributed by atoms with E-state index >= 15 is 0 Å². The molecule has 25 heavy (non-hydrogen) atoms. The Labute approximate surface area is 147 Å². The molecule has 0 atom stereocenters. The number of rotatable bonds is 4. The van der Waals surface area contributed by atoms with E-state index in [0.29, 0.717) is 24.6 Å². The summed E-state index contributed by atoms with van der Waals surface area (Å²) >= 11 is 0. The second kappa shape index (κ2) is 7.51. The van der Waals surface area contributed by atoms with Crippen molar-refractivity contribution in [2.45, 2.75) is 19.9 Å². The van der Waals surface area contributed by atoms with E-state index < -0.39 is 0 Å². The van der Waals surface area contributed by atoms with E-state index in [0.717, 1.165) is 18.8 Å². The highest BCUT2D eigenvalue weighted by molar-refractivity contribution is 5.92. The molecule has 6 heteroatoms. The third kappa shape index (κ3) is 4.26. The van der Waals surface area contributed by atoms with Crippen LogP contribution in [0.4, 0.5) is 15.9 Å². The molecule has 1 aromatic heterocycles. The monoisotopic (exact) mass is 342 g/mol. The Hall–Kier alpha value is -2.63. The van der Waals surface area contributed by atoms with Crippen molar-refractivity contribution >= 4 is 17.4 Å². The predicted molar refractivity (Wildman–Crippen MR) is 97.5 cm³/mol. The van der Waals surface area contributed by atoms with Gasteiger partial charge in [-0.05, 0) is 50.2 Å². The number of aromatic nitrogens is 1. The van der Waals surface area contributed by atoms with Crippen molar-refractivity contribution in [1.82, 2.24) is 9.88 Å². The van der Waals surface area contributed by atoms with Crippen LogP contribution in [0.3, 0.4) is 0 Å². The quantitative estimate of drug-likeness (QED) is 0.928. The standard InChI is InChI=1S/C19H23FN4O/c1-14(2)21-18-5-3-4-17(22-18)19(25)24-12-10-23(11-13-24)16-8-6-15(20)7-9-16/h3-9,14H,10-13H2,1-2H3,(H,21,22). The summed E-state index contributed by atoms with van der Waals surface area (Å²) in [7, 11) is 0. The molecule has 1 aliphatic rings. The lowest BCUT2D eigenvalue weighted by molar-refractivity contribution is 0.0741. The van der Waals surface area contributed by atoms with Crippen LogP contribution in [0.25, 0.3) is 0 Å². The van der Waals surface area contributed by atoms with Crippen LogP contribution in [0.2, 0.25) is 0 Å². The number of halogens is 1. The van der Waals surface area contributed by atoms with Crippen LogP contribution in [0.5, 0.6) is 0 Å². The van der Waals surface area contributed by atoms with Crippen LogP contribution in [-0.4, -0.2) is 48.0 Å². The number of carbonyl (C=O) groups is 1. The minimum absolute atomic E-state index is 0.0498. The first-order chi connectivity index (χ1) is 12.0. The Bertz CT molecular complexity index is 724. The van der Waals surface area contributed by atoms with E-state index in [1.165, 1.54) is 12.1 Å². The zero-order valence-corrected chi connectivity index (χ0v) is 14.6. The van der Waals surface area contributed by atoms with Gasteiger partial charge in [0.1, 0.15) is 17.3 Å². The summed E-state index contributed by atoms with van der Waals surface area (Å²) in [4.78, 5) is 21.1. The van der Waals surface area contributed by atoms with E-state index in [2.05, 4.69) is 15.2 Å². The first-order valence-electron chi connectivity index (χ1n) is 8.56. The van der Waals surface area contributed by atoms with Gasteiger partial charge in [0.15, 0.2) is 0 Å². The average Bonchev–Trinajstić information content (AvgIpc) is 2.62. The molecule has 1 fully saturated rings. The van der Waals surface area contributed by atoms with Gasteiger partial charge < -0.3 is 15.1 Å². The second-order valence-electron chi connectivity index (χ2n) is 6.46. The molecule has 0 bridgehead atoms. The lowest BCUT2D eigenvalue weighted by Crippen LogP contribution is -2.49. The van der Waals surface area contributed by atoms with E-state index in [1.54, 1.807) is 18.2 Å². The lowest BCUT2D eigenvalue weighted by atomic mass is 10.2. The fraction of sp³-hybridized carbons (Fsp3) is 0.368. The molecule has 0 spiro atoms. The number of amides is 1. The largest absolute Gasteiger partial charge is 0.368 e. The number of nitrogens with one attached hydrogen (secondary N) is 1. The molecule has 0 saturated carbocycles. The molecule has 1 amide bonds. The van der Waals surface area contributed by atoms with Crippen LogP contribution in [-0.2, 0) is 0 Å². The maximum atomic E-state index is 13.0. The molecule has 0 aliphatic carbocycles. The van der Waals surface area contributed by atoms with E-state index in [-0.39, 0.29) is 17.8 Å². The molecule has 1 N–H and O–H groups in total. The molecule has 2 heterocycles. The molecule has 132 valence electrons. The number of hydrogen-bond acceptors (Lipinski definition) is 4. The van der Waals surface area contributed by atoms with Gasteiger partial charge in [0.25, 0.3) is 5.91 Å². The lowest BCUT2D eigenvalue weighted by Gasteiger charge is -2.36. The van der Waals surface area contributed by atoms with Crippen LogP contribution >= 0.6 is 0 Å². The summed E-state index contributed by atoms with van der Waals surface area (Å²) in [6.45, 7) is 6.76. The van der Waals surface area contributed by atoms with Gasteiger partial charge in [-0.1, -0.05) is 6.07 Å². The maximum Gasteiger partial charge on any atom is 0.272 e. The zero-order valence-electron chi connectivity index (χ0n) is 14.6. The Morgan fingerprint density at radius 3 is 2.40 bits per heavy atom. The minimum atomic E-state index is -0.237. The molecule has 5 nitrogen and oxygen atoms in total. The van der Waals surface area contributed by atoms with Crippen LogP contribution < -0.4 is 10.2 Å². The number of anilines is 2. The number of benzene rings is 1. The Morgan fingerprint density at radius 1 is 1.08 bits per heavy atom. The summed E-state index contributed by atoms with van der Waals surface area (Å²) in [6.07, 6.45) is 0. The highest BCUT2D eigenvalue weighted by Crippen LogP contribution is 2.18. The number of nitrogens with zero attached hydrogens (tertiary/aromatic N) is 3. The van der Waals surface area contributed by atoms with Crippen molar-refractivity contribution in [3.63, 3.8) is 0 Å². The fourth-order valence-corrected chi connectivity index (χ4v) is 2.91. The molecule has 1 saturated heterocycles. The third-order valence-electron chi connectivity index (χ3n) is 4.16. The zero-order chi connectivity index (χ0) is 17.8. The number of pyridine rings is 1. The molecule has 3 rings (SSSR count). The molecule has 2 aromatic rings. The summed E-state index contributed by atoms with van der Waals surface area (Å²) < 4.78 is 13.0. The molecule has 0 radical (unpaired) electrons.